The second-order valence-corrected chi connectivity index (χ2v) is 8.01. The second-order valence-electron chi connectivity index (χ2n) is 8.01. The molecule has 2 atom stereocenters. The van der Waals surface area contributed by atoms with E-state index in [1.807, 2.05) is 24.3 Å². The van der Waals surface area contributed by atoms with Crippen molar-refractivity contribution in [3.63, 3.8) is 0 Å². The molecule has 0 radical (unpaired) electrons. The number of nitrogens with one attached hydrogen (secondary N) is 1. The van der Waals surface area contributed by atoms with Crippen molar-refractivity contribution < 1.29 is 19.4 Å². The number of amides is 1. The number of alkyl carbamates (subject to hydrolysis) is 1. The lowest BCUT2D eigenvalue weighted by molar-refractivity contribution is -0.143. The molecule has 0 spiro atoms. The monoisotopic (exact) mass is 393 g/mol. The molecule has 1 amide bonds. The van der Waals surface area contributed by atoms with E-state index >= 15 is 0 Å². The Morgan fingerprint density at radius 3 is 2.10 bits per heavy atom. The summed E-state index contributed by atoms with van der Waals surface area (Å²) in [5.74, 6) is -1.38. The Hall–Kier alpha value is -2.82. The number of carbonyl (C=O) groups excluding carboxylic acids is 1. The molecule has 5 nitrogen and oxygen atoms in total. The molecule has 1 saturated carbocycles. The molecule has 5 heteroatoms. The molecule has 29 heavy (non-hydrogen) atoms. The smallest absolute Gasteiger partial charge is 0.407 e. The van der Waals surface area contributed by atoms with Crippen LogP contribution >= 0.6 is 0 Å². The molecule has 2 aromatic rings. The van der Waals surface area contributed by atoms with Gasteiger partial charge >= 0.3 is 12.1 Å². The molecule has 152 valence electrons. The fourth-order valence-corrected chi connectivity index (χ4v) is 4.74. The predicted octanol–water partition coefficient (Wildman–Crippen LogP) is 4.95. The molecule has 2 aromatic carbocycles. The second kappa shape index (κ2) is 8.68. The molecule has 1 fully saturated rings. The van der Waals surface area contributed by atoms with E-state index in [1.165, 1.54) is 11.1 Å². The van der Waals surface area contributed by atoms with Crippen molar-refractivity contribution in [1.29, 1.82) is 0 Å². The average Bonchev–Trinajstić information content (AvgIpc) is 3.02. The topological polar surface area (TPSA) is 75.6 Å². The van der Waals surface area contributed by atoms with Crippen LogP contribution in [0.25, 0.3) is 11.1 Å². The maximum Gasteiger partial charge on any atom is 0.407 e. The van der Waals surface area contributed by atoms with Gasteiger partial charge in [-0.15, -0.1) is 0 Å². The zero-order chi connectivity index (χ0) is 20.2. The van der Waals surface area contributed by atoms with Gasteiger partial charge in [0.05, 0.1) is 5.92 Å². The highest BCUT2D eigenvalue weighted by Crippen LogP contribution is 2.44. The van der Waals surface area contributed by atoms with E-state index in [9.17, 15) is 14.7 Å². The van der Waals surface area contributed by atoms with Crippen LogP contribution in [0.3, 0.4) is 0 Å². The number of carboxylic acid groups (broad SMARTS) is 1. The summed E-state index contributed by atoms with van der Waals surface area (Å²) >= 11 is 0. The van der Waals surface area contributed by atoms with Gasteiger partial charge in [0, 0.05) is 12.0 Å². The third kappa shape index (κ3) is 4.14. The minimum atomic E-state index is -0.837. The third-order valence-corrected chi connectivity index (χ3v) is 6.23. The summed E-state index contributed by atoms with van der Waals surface area (Å²) in [6.45, 7) is 0.240. The van der Waals surface area contributed by atoms with Gasteiger partial charge in [-0.2, -0.15) is 0 Å². The number of carbonyl (C=O) groups is 2. The number of rotatable bonds is 4. The average molecular weight is 393 g/mol. The lowest BCUT2D eigenvalue weighted by atomic mass is 9.87. The molecule has 2 aliphatic rings. The van der Waals surface area contributed by atoms with Crippen LogP contribution in [-0.2, 0) is 9.53 Å². The number of carboxylic acids is 1. The zero-order valence-corrected chi connectivity index (χ0v) is 16.5. The third-order valence-electron chi connectivity index (χ3n) is 6.23. The molecule has 2 N–H and O–H groups in total. The van der Waals surface area contributed by atoms with Crippen LogP contribution in [0.2, 0.25) is 0 Å². The van der Waals surface area contributed by atoms with Crippen LogP contribution in [0.5, 0.6) is 0 Å². The van der Waals surface area contributed by atoms with E-state index < -0.39 is 18.0 Å². The largest absolute Gasteiger partial charge is 0.481 e. The Morgan fingerprint density at radius 1 is 0.897 bits per heavy atom. The van der Waals surface area contributed by atoms with Gasteiger partial charge in [-0.05, 0) is 35.1 Å². The summed E-state index contributed by atoms with van der Waals surface area (Å²) < 4.78 is 5.60. The first-order chi connectivity index (χ1) is 14.1. The molecule has 4 rings (SSSR count). The van der Waals surface area contributed by atoms with Gasteiger partial charge in [0.2, 0.25) is 0 Å². The van der Waals surface area contributed by atoms with Crippen molar-refractivity contribution in [3.8, 4) is 11.1 Å². The maximum absolute atomic E-state index is 12.5. The van der Waals surface area contributed by atoms with Crippen LogP contribution in [0.4, 0.5) is 4.79 Å². The Bertz CT molecular complexity index is 848. The Labute approximate surface area is 171 Å². The summed E-state index contributed by atoms with van der Waals surface area (Å²) in [5, 5.41) is 12.4. The molecular formula is C24H27NO4. The lowest BCUT2D eigenvalue weighted by Gasteiger charge is -2.27. The quantitative estimate of drug-likeness (QED) is 0.771. The zero-order valence-electron chi connectivity index (χ0n) is 16.5. The fraction of sp³-hybridized carbons (Fsp3) is 0.417. The van der Waals surface area contributed by atoms with Crippen LogP contribution in [-0.4, -0.2) is 29.8 Å². The first kappa shape index (κ1) is 19.5. The van der Waals surface area contributed by atoms with E-state index in [4.69, 9.17) is 4.74 Å². The van der Waals surface area contributed by atoms with Gasteiger partial charge in [0.15, 0.2) is 0 Å². The van der Waals surface area contributed by atoms with E-state index in [1.54, 1.807) is 0 Å². The Kier molecular flexibility index (Phi) is 5.84. The van der Waals surface area contributed by atoms with Crippen molar-refractivity contribution in [1.82, 2.24) is 5.32 Å². The fourth-order valence-electron chi connectivity index (χ4n) is 4.74. The summed E-state index contributed by atoms with van der Waals surface area (Å²) in [6.07, 6.45) is 4.71. The minimum Gasteiger partial charge on any atom is -0.481 e. The van der Waals surface area contributed by atoms with Crippen LogP contribution < -0.4 is 5.32 Å². The first-order valence-corrected chi connectivity index (χ1v) is 10.5. The number of fused-ring (bicyclic) bond motifs is 3. The molecule has 0 bridgehead atoms. The summed E-state index contributed by atoms with van der Waals surface area (Å²) in [6, 6.07) is 16.0. The van der Waals surface area contributed by atoms with Gasteiger partial charge in [0.1, 0.15) is 6.61 Å². The number of benzene rings is 2. The standard InChI is InChI=1S/C24H27NO4/c26-23(27)20-13-3-1-2-4-14-22(20)25-24(28)29-15-21-18-11-7-5-9-16(18)17-10-6-8-12-19(17)21/h5-12,20-22H,1-4,13-15H2,(H,25,28)(H,26,27). The Balaban J connectivity index is 1.43. The van der Waals surface area contributed by atoms with Crippen LogP contribution in [0, 0.1) is 5.92 Å². The van der Waals surface area contributed by atoms with E-state index in [0.29, 0.717) is 12.8 Å². The summed E-state index contributed by atoms with van der Waals surface area (Å²) in [5.41, 5.74) is 4.69. The number of hydrogen-bond acceptors (Lipinski definition) is 3. The molecule has 0 saturated heterocycles. The van der Waals surface area contributed by atoms with Crippen molar-refractivity contribution in [2.75, 3.05) is 6.61 Å². The Morgan fingerprint density at radius 2 is 1.48 bits per heavy atom. The predicted molar refractivity (Wildman–Crippen MR) is 111 cm³/mol. The summed E-state index contributed by atoms with van der Waals surface area (Å²) in [7, 11) is 0. The molecular weight excluding hydrogens is 366 g/mol. The van der Waals surface area contributed by atoms with Crippen molar-refractivity contribution >= 4 is 12.1 Å². The van der Waals surface area contributed by atoms with Gasteiger partial charge in [-0.3, -0.25) is 4.79 Å². The molecule has 0 heterocycles. The number of aliphatic carboxylic acids is 1. The minimum absolute atomic E-state index is 0.000698. The maximum atomic E-state index is 12.5. The molecule has 2 aliphatic carbocycles. The van der Waals surface area contributed by atoms with Gasteiger partial charge in [0.25, 0.3) is 0 Å². The van der Waals surface area contributed by atoms with Crippen molar-refractivity contribution in [3.05, 3.63) is 59.7 Å². The molecule has 0 aliphatic heterocycles. The normalized spacial score (nSPS) is 21.4. The number of hydrogen-bond donors (Lipinski definition) is 2. The molecule has 0 aromatic heterocycles. The molecule has 2 unspecified atom stereocenters. The van der Waals surface area contributed by atoms with Crippen molar-refractivity contribution in [2.24, 2.45) is 5.92 Å². The SMILES string of the molecule is O=C(NC1CCCCCCC1C(=O)O)OCC1c2ccccc2-c2ccccc21. The number of ether oxygens (including phenoxy) is 1. The van der Waals surface area contributed by atoms with Gasteiger partial charge in [-0.25, -0.2) is 4.79 Å². The highest BCUT2D eigenvalue weighted by molar-refractivity contribution is 5.79. The van der Waals surface area contributed by atoms with Gasteiger partial charge in [-0.1, -0.05) is 74.2 Å². The van der Waals surface area contributed by atoms with Crippen LogP contribution in [0.1, 0.15) is 55.6 Å². The first-order valence-electron chi connectivity index (χ1n) is 10.5. The van der Waals surface area contributed by atoms with E-state index in [0.717, 1.165) is 36.8 Å². The highest BCUT2D eigenvalue weighted by atomic mass is 16.5. The van der Waals surface area contributed by atoms with Gasteiger partial charge < -0.3 is 15.2 Å². The van der Waals surface area contributed by atoms with Crippen LogP contribution in [0.15, 0.2) is 48.5 Å². The summed E-state index contributed by atoms with van der Waals surface area (Å²) in [4.78, 5) is 24.2. The van der Waals surface area contributed by atoms with Crippen molar-refractivity contribution in [2.45, 2.75) is 50.5 Å². The van der Waals surface area contributed by atoms with E-state index in [-0.39, 0.29) is 18.6 Å². The van der Waals surface area contributed by atoms with E-state index in [2.05, 4.69) is 29.6 Å². The lowest BCUT2D eigenvalue weighted by Crippen LogP contribution is -2.44. The highest BCUT2D eigenvalue weighted by Gasteiger charge is 2.32.